The quantitative estimate of drug-likeness (QED) is 0.688. The maximum atomic E-state index is 11.4. The van der Waals surface area contributed by atoms with E-state index in [4.69, 9.17) is 24.7 Å². The maximum Gasteiger partial charge on any atom is 0.219 e. The molecular weight excluding hydrogens is 312 g/mol. The number of fused-ring (bicyclic) bond motifs is 1. The van der Waals surface area contributed by atoms with Gasteiger partial charge in [0.1, 0.15) is 18.1 Å². The number of primary amides is 1. The molecule has 134 valence electrons. The van der Waals surface area contributed by atoms with Crippen LogP contribution in [0.5, 0.6) is 11.5 Å². The fraction of sp³-hybridized carbons (Fsp3) is 0.588. The zero-order valence-electron chi connectivity index (χ0n) is 14.5. The lowest BCUT2D eigenvalue weighted by Gasteiger charge is -2.39. The standard InChI is InChI=1S/C17H26N2O5/c1-4-22-17(23-5-2)10-19-12(8-16(18)20)11-24-15-7-6-13(21-3)9-14(15)19/h6-7,9,12,17H,4-5,8,10-11H2,1-3H3,(H2,18,20). The maximum absolute atomic E-state index is 11.4. The van der Waals surface area contributed by atoms with Crippen LogP contribution in [0.2, 0.25) is 0 Å². The number of hydrogen-bond acceptors (Lipinski definition) is 6. The highest BCUT2D eigenvalue weighted by atomic mass is 16.7. The minimum atomic E-state index is -0.396. The molecule has 2 rings (SSSR count). The molecule has 0 saturated carbocycles. The zero-order valence-corrected chi connectivity index (χ0v) is 14.5. The summed E-state index contributed by atoms with van der Waals surface area (Å²) in [4.78, 5) is 13.5. The van der Waals surface area contributed by atoms with E-state index in [9.17, 15) is 4.79 Å². The first-order chi connectivity index (χ1) is 11.6. The lowest BCUT2D eigenvalue weighted by molar-refractivity contribution is -0.131. The summed E-state index contributed by atoms with van der Waals surface area (Å²) in [6, 6.07) is 5.41. The average Bonchev–Trinajstić information content (AvgIpc) is 2.56. The molecule has 0 radical (unpaired) electrons. The first-order valence-electron chi connectivity index (χ1n) is 8.18. The van der Waals surface area contributed by atoms with Crippen molar-refractivity contribution >= 4 is 11.6 Å². The molecule has 1 aliphatic rings. The normalized spacial score (nSPS) is 16.7. The molecule has 2 N–H and O–H groups in total. The van der Waals surface area contributed by atoms with E-state index in [-0.39, 0.29) is 18.4 Å². The van der Waals surface area contributed by atoms with Gasteiger partial charge in [-0.25, -0.2) is 0 Å². The van der Waals surface area contributed by atoms with Crippen molar-refractivity contribution in [1.29, 1.82) is 0 Å². The fourth-order valence-electron chi connectivity index (χ4n) is 2.78. The summed E-state index contributed by atoms with van der Waals surface area (Å²) in [5.74, 6) is 1.08. The minimum Gasteiger partial charge on any atom is -0.497 e. The molecule has 0 bridgehead atoms. The number of rotatable bonds is 9. The van der Waals surface area contributed by atoms with Crippen LogP contribution in [0.15, 0.2) is 18.2 Å². The van der Waals surface area contributed by atoms with Crippen LogP contribution in [0, 0.1) is 0 Å². The third-order valence-corrected chi connectivity index (χ3v) is 3.84. The zero-order chi connectivity index (χ0) is 17.5. The summed E-state index contributed by atoms with van der Waals surface area (Å²) in [5, 5.41) is 0. The molecule has 1 aromatic rings. The number of nitrogens with two attached hydrogens (primary N) is 1. The molecule has 24 heavy (non-hydrogen) atoms. The number of carbonyl (C=O) groups excluding carboxylic acids is 1. The Kier molecular flexibility index (Phi) is 6.69. The molecule has 7 heteroatoms. The first-order valence-corrected chi connectivity index (χ1v) is 8.18. The molecule has 1 aliphatic heterocycles. The van der Waals surface area contributed by atoms with Gasteiger partial charge >= 0.3 is 0 Å². The van der Waals surface area contributed by atoms with Crippen molar-refractivity contribution in [2.24, 2.45) is 5.73 Å². The summed E-state index contributed by atoms with van der Waals surface area (Å²) < 4.78 is 22.4. The summed E-state index contributed by atoms with van der Waals surface area (Å²) >= 11 is 0. The molecular formula is C17H26N2O5. The van der Waals surface area contributed by atoms with E-state index < -0.39 is 6.29 Å². The second kappa shape index (κ2) is 8.75. The Hall–Kier alpha value is -1.99. The van der Waals surface area contributed by atoms with Crippen LogP contribution in [-0.4, -0.2) is 51.7 Å². The van der Waals surface area contributed by atoms with Crippen molar-refractivity contribution in [1.82, 2.24) is 0 Å². The van der Waals surface area contributed by atoms with Crippen LogP contribution < -0.4 is 20.1 Å². The number of anilines is 1. The van der Waals surface area contributed by atoms with Crippen LogP contribution in [-0.2, 0) is 14.3 Å². The average molecular weight is 338 g/mol. The second-order valence-electron chi connectivity index (χ2n) is 5.46. The Morgan fingerprint density at radius 2 is 2.08 bits per heavy atom. The van der Waals surface area contributed by atoms with Crippen LogP contribution in [0.1, 0.15) is 20.3 Å². The molecule has 1 heterocycles. The van der Waals surface area contributed by atoms with Gasteiger partial charge in [-0.2, -0.15) is 0 Å². The second-order valence-corrected chi connectivity index (χ2v) is 5.46. The highest BCUT2D eigenvalue weighted by Crippen LogP contribution is 2.37. The molecule has 7 nitrogen and oxygen atoms in total. The van der Waals surface area contributed by atoms with E-state index in [0.29, 0.717) is 32.1 Å². The summed E-state index contributed by atoms with van der Waals surface area (Å²) in [5.41, 5.74) is 6.25. The number of nitrogens with zero attached hydrogens (tertiary/aromatic N) is 1. The predicted octanol–water partition coefficient (Wildman–Crippen LogP) is 1.54. The number of carbonyl (C=O) groups is 1. The Labute approximate surface area is 142 Å². The van der Waals surface area contributed by atoms with Gasteiger partial charge in [-0.15, -0.1) is 0 Å². The smallest absolute Gasteiger partial charge is 0.219 e. The van der Waals surface area contributed by atoms with Gasteiger partial charge in [-0.1, -0.05) is 0 Å². The van der Waals surface area contributed by atoms with Gasteiger partial charge in [0, 0.05) is 19.3 Å². The number of hydrogen-bond donors (Lipinski definition) is 1. The van der Waals surface area contributed by atoms with E-state index in [0.717, 1.165) is 11.4 Å². The van der Waals surface area contributed by atoms with Crippen LogP contribution in [0.3, 0.4) is 0 Å². The Balaban J connectivity index is 2.30. The van der Waals surface area contributed by atoms with Crippen molar-refractivity contribution in [3.63, 3.8) is 0 Å². The molecule has 0 aromatic heterocycles. The van der Waals surface area contributed by atoms with Crippen molar-refractivity contribution in [2.45, 2.75) is 32.6 Å². The van der Waals surface area contributed by atoms with E-state index in [1.807, 2.05) is 32.0 Å². The number of amides is 1. The monoisotopic (exact) mass is 338 g/mol. The van der Waals surface area contributed by atoms with Gasteiger partial charge in [0.05, 0.1) is 31.8 Å². The summed E-state index contributed by atoms with van der Waals surface area (Å²) in [6.45, 7) is 5.78. The van der Waals surface area contributed by atoms with E-state index in [1.165, 1.54) is 0 Å². The topological polar surface area (TPSA) is 83.3 Å². The molecule has 0 fully saturated rings. The number of ether oxygens (including phenoxy) is 4. The molecule has 1 amide bonds. The molecule has 0 spiro atoms. The Morgan fingerprint density at radius 1 is 1.38 bits per heavy atom. The van der Waals surface area contributed by atoms with Crippen LogP contribution >= 0.6 is 0 Å². The van der Waals surface area contributed by atoms with E-state index in [1.54, 1.807) is 7.11 Å². The van der Waals surface area contributed by atoms with E-state index >= 15 is 0 Å². The van der Waals surface area contributed by atoms with Gasteiger partial charge in [-0.05, 0) is 26.0 Å². The lowest BCUT2D eigenvalue weighted by Crippen LogP contribution is -2.49. The van der Waals surface area contributed by atoms with Crippen molar-refractivity contribution < 1.29 is 23.7 Å². The van der Waals surface area contributed by atoms with Crippen LogP contribution in [0.25, 0.3) is 0 Å². The minimum absolute atomic E-state index is 0.175. The predicted molar refractivity (Wildman–Crippen MR) is 90.5 cm³/mol. The van der Waals surface area contributed by atoms with Gasteiger partial charge in [0.25, 0.3) is 0 Å². The highest BCUT2D eigenvalue weighted by molar-refractivity contribution is 5.76. The summed E-state index contributed by atoms with van der Waals surface area (Å²) in [7, 11) is 1.61. The lowest BCUT2D eigenvalue weighted by atomic mass is 10.1. The van der Waals surface area contributed by atoms with Gasteiger partial charge in [0.15, 0.2) is 6.29 Å². The van der Waals surface area contributed by atoms with Crippen molar-refractivity contribution in [3.8, 4) is 11.5 Å². The van der Waals surface area contributed by atoms with Gasteiger partial charge < -0.3 is 29.6 Å². The third-order valence-electron chi connectivity index (χ3n) is 3.84. The molecule has 1 unspecified atom stereocenters. The van der Waals surface area contributed by atoms with Crippen LogP contribution in [0.4, 0.5) is 5.69 Å². The summed E-state index contributed by atoms with van der Waals surface area (Å²) in [6.07, 6.45) is -0.200. The highest BCUT2D eigenvalue weighted by Gasteiger charge is 2.31. The first kappa shape index (κ1) is 18.4. The van der Waals surface area contributed by atoms with Gasteiger partial charge in [0.2, 0.25) is 5.91 Å². The molecule has 1 aromatic carbocycles. The SMILES string of the molecule is CCOC(CN1c2cc(OC)ccc2OCC1CC(N)=O)OCC. The third kappa shape index (κ3) is 4.52. The fourth-order valence-corrected chi connectivity index (χ4v) is 2.78. The van der Waals surface area contributed by atoms with Gasteiger partial charge in [-0.3, -0.25) is 4.79 Å². The molecule has 0 saturated heterocycles. The Morgan fingerprint density at radius 3 is 2.67 bits per heavy atom. The van der Waals surface area contributed by atoms with E-state index in [2.05, 4.69) is 4.90 Å². The molecule has 1 atom stereocenters. The number of methoxy groups -OCH3 is 1. The number of benzene rings is 1. The largest absolute Gasteiger partial charge is 0.497 e. The molecule has 0 aliphatic carbocycles. The Bertz CT molecular complexity index is 546. The van der Waals surface area contributed by atoms with Crippen molar-refractivity contribution in [2.75, 3.05) is 38.4 Å². The van der Waals surface area contributed by atoms with Crippen molar-refractivity contribution in [3.05, 3.63) is 18.2 Å².